The van der Waals surface area contributed by atoms with Crippen LogP contribution in [-0.4, -0.2) is 18.4 Å². The number of esters is 1. The lowest BCUT2D eigenvalue weighted by Gasteiger charge is -2.33. The Morgan fingerprint density at radius 2 is 1.03 bits per heavy atom. The number of halogens is 1. The average molecular weight is 441 g/mol. The molecule has 0 spiro atoms. The van der Waals surface area contributed by atoms with Crippen molar-refractivity contribution in [1.82, 2.24) is 0 Å². The Balaban J connectivity index is 1.77. The molecule has 0 aliphatic carbocycles. The SMILES string of the molecule is O=C(COC(=O)C(c1ccccc1)(c1ccccc1)c1ccccc1)c1ccc(Cl)cc1. The molecule has 0 unspecified atom stereocenters. The highest BCUT2D eigenvalue weighted by molar-refractivity contribution is 6.30. The summed E-state index contributed by atoms with van der Waals surface area (Å²) in [5.74, 6) is -0.804. The van der Waals surface area contributed by atoms with Gasteiger partial charge in [-0.15, -0.1) is 0 Å². The molecule has 0 aromatic heterocycles. The lowest BCUT2D eigenvalue weighted by molar-refractivity contribution is -0.146. The Morgan fingerprint density at radius 3 is 1.44 bits per heavy atom. The summed E-state index contributed by atoms with van der Waals surface area (Å²) in [6.45, 7) is -0.366. The Labute approximate surface area is 192 Å². The van der Waals surface area contributed by atoms with Crippen LogP contribution in [0.3, 0.4) is 0 Å². The van der Waals surface area contributed by atoms with Crippen molar-refractivity contribution in [1.29, 1.82) is 0 Å². The van der Waals surface area contributed by atoms with Gasteiger partial charge < -0.3 is 4.74 Å². The average Bonchev–Trinajstić information content (AvgIpc) is 2.85. The van der Waals surface area contributed by atoms with E-state index in [-0.39, 0.29) is 12.4 Å². The number of hydrogen-bond donors (Lipinski definition) is 0. The monoisotopic (exact) mass is 440 g/mol. The molecule has 0 radical (unpaired) electrons. The van der Waals surface area contributed by atoms with Gasteiger partial charge >= 0.3 is 5.97 Å². The molecule has 4 rings (SSSR count). The minimum absolute atomic E-state index is 0.293. The van der Waals surface area contributed by atoms with Crippen molar-refractivity contribution in [3.8, 4) is 0 Å². The molecule has 3 nitrogen and oxygen atoms in total. The molecule has 0 aliphatic heterocycles. The van der Waals surface area contributed by atoms with E-state index >= 15 is 0 Å². The zero-order valence-electron chi connectivity index (χ0n) is 17.3. The third kappa shape index (κ3) is 4.20. The van der Waals surface area contributed by atoms with Crippen LogP contribution in [0, 0.1) is 0 Å². The normalized spacial score (nSPS) is 11.0. The fourth-order valence-corrected chi connectivity index (χ4v) is 4.00. The Kier molecular flexibility index (Phi) is 6.48. The van der Waals surface area contributed by atoms with Crippen LogP contribution >= 0.6 is 11.6 Å². The molecule has 4 aromatic rings. The summed E-state index contributed by atoms with van der Waals surface area (Å²) >= 11 is 5.91. The standard InChI is InChI=1S/C28H21ClO3/c29-25-18-16-21(17-19-25)26(30)20-32-27(31)28(22-10-4-1-5-11-22,23-12-6-2-7-13-23)24-14-8-3-9-15-24/h1-19H,20H2. The molecule has 0 N–H and O–H groups in total. The second-order valence-corrected chi connectivity index (χ2v) is 7.79. The molecule has 0 fully saturated rings. The van der Waals surface area contributed by atoms with Crippen LogP contribution in [0.5, 0.6) is 0 Å². The van der Waals surface area contributed by atoms with Gasteiger partial charge in [0.1, 0.15) is 5.41 Å². The molecule has 0 aliphatic rings. The van der Waals surface area contributed by atoms with E-state index in [4.69, 9.17) is 16.3 Å². The van der Waals surface area contributed by atoms with Gasteiger partial charge in [-0.3, -0.25) is 9.59 Å². The van der Waals surface area contributed by atoms with Gasteiger partial charge in [0.05, 0.1) is 0 Å². The van der Waals surface area contributed by atoms with Crippen molar-refractivity contribution in [2.24, 2.45) is 0 Å². The predicted octanol–water partition coefficient (Wildman–Crippen LogP) is 6.10. The van der Waals surface area contributed by atoms with Crippen LogP contribution in [0.2, 0.25) is 5.02 Å². The summed E-state index contributed by atoms with van der Waals surface area (Å²) in [5.41, 5.74) is 1.51. The maximum absolute atomic E-state index is 13.9. The van der Waals surface area contributed by atoms with E-state index in [1.807, 2.05) is 91.0 Å². The smallest absolute Gasteiger partial charge is 0.326 e. The number of rotatable bonds is 7. The zero-order valence-corrected chi connectivity index (χ0v) is 18.0. The van der Waals surface area contributed by atoms with Gasteiger partial charge in [-0.2, -0.15) is 0 Å². The summed E-state index contributed by atoms with van der Waals surface area (Å²) in [6, 6.07) is 35.0. The molecular formula is C28H21ClO3. The van der Waals surface area contributed by atoms with Crippen LogP contribution in [-0.2, 0) is 14.9 Å². The zero-order chi connectivity index (χ0) is 22.4. The van der Waals surface area contributed by atoms with Gasteiger partial charge in [-0.25, -0.2) is 0 Å². The largest absolute Gasteiger partial charge is 0.456 e. The maximum Gasteiger partial charge on any atom is 0.326 e. The van der Waals surface area contributed by atoms with Crippen molar-refractivity contribution in [3.05, 3.63) is 143 Å². The van der Waals surface area contributed by atoms with Crippen molar-refractivity contribution in [2.75, 3.05) is 6.61 Å². The van der Waals surface area contributed by atoms with Gasteiger partial charge in [-0.05, 0) is 41.0 Å². The van der Waals surface area contributed by atoms with E-state index in [0.717, 1.165) is 16.7 Å². The van der Waals surface area contributed by atoms with Crippen molar-refractivity contribution < 1.29 is 14.3 Å². The van der Waals surface area contributed by atoms with Crippen LogP contribution in [0.1, 0.15) is 27.0 Å². The highest BCUT2D eigenvalue weighted by atomic mass is 35.5. The van der Waals surface area contributed by atoms with E-state index in [2.05, 4.69) is 0 Å². The van der Waals surface area contributed by atoms with Gasteiger partial charge in [0.2, 0.25) is 0 Å². The molecule has 0 saturated heterocycles. The van der Waals surface area contributed by atoms with Crippen molar-refractivity contribution in [3.63, 3.8) is 0 Å². The van der Waals surface area contributed by atoms with Crippen LogP contribution in [0.4, 0.5) is 0 Å². The molecular weight excluding hydrogens is 420 g/mol. The topological polar surface area (TPSA) is 43.4 Å². The lowest BCUT2D eigenvalue weighted by Crippen LogP contribution is -2.40. The first-order valence-electron chi connectivity index (χ1n) is 10.2. The van der Waals surface area contributed by atoms with E-state index < -0.39 is 11.4 Å². The molecule has 32 heavy (non-hydrogen) atoms. The summed E-state index contributed by atoms with van der Waals surface area (Å²) < 4.78 is 5.70. The van der Waals surface area contributed by atoms with E-state index in [9.17, 15) is 9.59 Å². The number of ether oxygens (including phenoxy) is 1. The molecule has 158 valence electrons. The van der Waals surface area contributed by atoms with Crippen LogP contribution < -0.4 is 0 Å². The highest BCUT2D eigenvalue weighted by Gasteiger charge is 2.45. The number of Topliss-reactive ketones (excluding diaryl/α,β-unsaturated/α-hetero) is 1. The summed E-state index contributed by atoms with van der Waals surface area (Å²) in [4.78, 5) is 26.5. The first-order valence-corrected chi connectivity index (χ1v) is 10.6. The van der Waals surface area contributed by atoms with Gasteiger partial charge in [0, 0.05) is 10.6 Å². The fourth-order valence-electron chi connectivity index (χ4n) is 3.88. The highest BCUT2D eigenvalue weighted by Crippen LogP contribution is 2.40. The quantitative estimate of drug-likeness (QED) is 0.198. The minimum atomic E-state index is -1.22. The number of carbonyl (C=O) groups is 2. The van der Waals surface area contributed by atoms with Gasteiger partial charge in [-0.1, -0.05) is 103 Å². The minimum Gasteiger partial charge on any atom is -0.456 e. The second-order valence-electron chi connectivity index (χ2n) is 7.35. The molecule has 4 aromatic carbocycles. The molecule has 0 heterocycles. The van der Waals surface area contributed by atoms with E-state index in [1.165, 1.54) is 0 Å². The molecule has 0 bridgehead atoms. The van der Waals surface area contributed by atoms with Gasteiger partial charge in [0.25, 0.3) is 0 Å². The molecule has 4 heteroatoms. The third-order valence-electron chi connectivity index (χ3n) is 5.43. The lowest BCUT2D eigenvalue weighted by atomic mass is 9.69. The van der Waals surface area contributed by atoms with Crippen molar-refractivity contribution in [2.45, 2.75) is 5.41 Å². The van der Waals surface area contributed by atoms with Crippen LogP contribution in [0.15, 0.2) is 115 Å². The summed E-state index contributed by atoms with van der Waals surface area (Å²) in [6.07, 6.45) is 0. The van der Waals surface area contributed by atoms with Crippen LogP contribution in [0.25, 0.3) is 0 Å². The van der Waals surface area contributed by atoms with Gasteiger partial charge in [0.15, 0.2) is 12.4 Å². The first kappa shape index (κ1) is 21.5. The number of benzene rings is 4. The third-order valence-corrected chi connectivity index (χ3v) is 5.68. The maximum atomic E-state index is 13.9. The van der Waals surface area contributed by atoms with E-state index in [1.54, 1.807) is 24.3 Å². The fraction of sp³-hybridized carbons (Fsp3) is 0.0714. The molecule has 0 saturated carbocycles. The predicted molar refractivity (Wildman–Crippen MR) is 126 cm³/mol. The Bertz CT molecular complexity index is 1090. The molecule has 0 atom stereocenters. The molecule has 0 amide bonds. The second kappa shape index (κ2) is 9.63. The summed E-state index contributed by atoms with van der Waals surface area (Å²) in [5, 5.41) is 0.537. The first-order chi connectivity index (χ1) is 15.6. The summed E-state index contributed by atoms with van der Waals surface area (Å²) in [7, 11) is 0. The Hall–Kier alpha value is -3.69. The number of carbonyl (C=O) groups excluding carboxylic acids is 2. The van der Waals surface area contributed by atoms with E-state index in [0.29, 0.717) is 10.6 Å². The number of ketones is 1. The Morgan fingerprint density at radius 1 is 0.625 bits per heavy atom. The van der Waals surface area contributed by atoms with Crippen molar-refractivity contribution >= 4 is 23.4 Å². The number of hydrogen-bond acceptors (Lipinski definition) is 3.